The highest BCUT2D eigenvalue weighted by atomic mass is 16.5. The number of carboxylic acid groups (broad SMARTS) is 1. The van der Waals surface area contributed by atoms with Gasteiger partial charge in [0.2, 0.25) is 5.91 Å². The Labute approximate surface area is 156 Å². The quantitative estimate of drug-likeness (QED) is 0.278. The highest BCUT2D eigenvalue weighted by Crippen LogP contribution is 2.37. The summed E-state index contributed by atoms with van der Waals surface area (Å²) in [6, 6.07) is 3.32. The number of carboxylic acids is 1. The van der Waals surface area contributed by atoms with Gasteiger partial charge in [-0.1, -0.05) is 6.07 Å². The van der Waals surface area contributed by atoms with Gasteiger partial charge in [-0.05, 0) is 24.4 Å². The molecule has 0 spiro atoms. The molecule has 10 nitrogen and oxygen atoms in total. The third-order valence-electron chi connectivity index (χ3n) is 4.42. The van der Waals surface area contributed by atoms with E-state index in [9.17, 15) is 19.7 Å². The minimum absolute atomic E-state index is 0.0225. The lowest BCUT2D eigenvalue weighted by atomic mass is 9.78. The van der Waals surface area contributed by atoms with Gasteiger partial charge in [-0.15, -0.1) is 0 Å². The molecule has 11 heteroatoms. The Morgan fingerprint density at radius 2 is 2.19 bits per heavy atom. The van der Waals surface area contributed by atoms with E-state index in [1.165, 1.54) is 17.4 Å². The van der Waals surface area contributed by atoms with E-state index in [4.69, 9.17) is 21.0 Å². The maximum atomic E-state index is 12.0. The fourth-order valence-electron chi connectivity index (χ4n) is 3.03. The van der Waals surface area contributed by atoms with Crippen LogP contribution in [0.5, 0.6) is 11.5 Å². The zero-order valence-corrected chi connectivity index (χ0v) is 14.6. The third kappa shape index (κ3) is 4.09. The fraction of sp³-hybridized carbons (Fsp3) is 0.375. The summed E-state index contributed by atoms with van der Waals surface area (Å²) in [6.45, 7) is 0.614. The number of fused-ring (bicyclic) bond motifs is 1. The van der Waals surface area contributed by atoms with Crippen molar-refractivity contribution in [3.8, 4) is 11.5 Å². The Bertz CT molecular complexity index is 768. The predicted octanol–water partition coefficient (Wildman–Crippen LogP) is -1.00. The summed E-state index contributed by atoms with van der Waals surface area (Å²) < 4.78 is 11.1. The molecule has 6 N–H and O–H groups in total. The topological polar surface area (TPSA) is 152 Å². The number of nitrogens with two attached hydrogens (primary N) is 2. The van der Waals surface area contributed by atoms with Crippen LogP contribution >= 0.6 is 0 Å². The lowest BCUT2D eigenvalue weighted by Gasteiger charge is -2.39. The van der Waals surface area contributed by atoms with Crippen LogP contribution < -0.4 is 21.0 Å². The molecule has 1 amide bonds. The summed E-state index contributed by atoms with van der Waals surface area (Å²) in [5.74, 6) is 4.48. The second-order valence-electron chi connectivity index (χ2n) is 6.40. The minimum Gasteiger partial charge on any atom is -0.535 e. The maximum Gasteiger partial charge on any atom is 0.522 e. The molecule has 0 radical (unpaired) electrons. The Kier molecular flexibility index (Phi) is 5.42. The van der Waals surface area contributed by atoms with Crippen molar-refractivity contribution in [3.05, 3.63) is 35.7 Å². The van der Waals surface area contributed by atoms with Crippen molar-refractivity contribution in [1.29, 1.82) is 0 Å². The summed E-state index contributed by atoms with van der Waals surface area (Å²) in [4.78, 5) is 25.3. The summed E-state index contributed by atoms with van der Waals surface area (Å²) in [7, 11) is -1.04. The number of hydrazine groups is 1. The van der Waals surface area contributed by atoms with Gasteiger partial charge in [0.05, 0.1) is 13.1 Å². The summed E-state index contributed by atoms with van der Waals surface area (Å²) >= 11 is 0. The van der Waals surface area contributed by atoms with E-state index >= 15 is 0 Å². The molecule has 0 atom stereocenters. The van der Waals surface area contributed by atoms with Crippen molar-refractivity contribution in [1.82, 2.24) is 9.91 Å². The molecule has 3 rings (SSSR count). The minimum atomic E-state index is -1.20. The zero-order chi connectivity index (χ0) is 19.6. The molecule has 0 aliphatic carbocycles. The largest absolute Gasteiger partial charge is 0.535 e. The zero-order valence-electron chi connectivity index (χ0n) is 14.6. The number of nitrogens with zero attached hydrogens (tertiary/aromatic N) is 2. The monoisotopic (exact) mass is 376 g/mol. The van der Waals surface area contributed by atoms with Gasteiger partial charge < -0.3 is 35.2 Å². The van der Waals surface area contributed by atoms with Gasteiger partial charge >= 0.3 is 13.1 Å². The Balaban J connectivity index is 1.65. The van der Waals surface area contributed by atoms with Crippen LogP contribution in [0, 0.1) is 0 Å². The predicted molar refractivity (Wildman–Crippen MR) is 95.7 cm³/mol. The van der Waals surface area contributed by atoms with Crippen molar-refractivity contribution >= 4 is 19.0 Å². The highest BCUT2D eigenvalue weighted by molar-refractivity contribution is 6.44. The second kappa shape index (κ2) is 7.76. The smallest absolute Gasteiger partial charge is 0.522 e. The summed E-state index contributed by atoms with van der Waals surface area (Å²) in [5.41, 5.74) is 5.81. The Morgan fingerprint density at radius 3 is 2.85 bits per heavy atom. The molecule has 2 aliphatic rings. The van der Waals surface area contributed by atoms with Crippen molar-refractivity contribution < 1.29 is 29.1 Å². The molecule has 0 aromatic heterocycles. The van der Waals surface area contributed by atoms with Crippen LogP contribution in [0.1, 0.15) is 15.9 Å². The molecule has 27 heavy (non-hydrogen) atoms. The van der Waals surface area contributed by atoms with Crippen LogP contribution in [-0.2, 0) is 11.2 Å². The van der Waals surface area contributed by atoms with Crippen molar-refractivity contribution in [2.75, 3.05) is 19.6 Å². The van der Waals surface area contributed by atoms with E-state index in [0.717, 1.165) is 0 Å². The lowest BCUT2D eigenvalue weighted by molar-refractivity contribution is -0.140. The van der Waals surface area contributed by atoms with Gasteiger partial charge in [0.15, 0.2) is 0 Å². The van der Waals surface area contributed by atoms with Crippen molar-refractivity contribution in [3.63, 3.8) is 0 Å². The van der Waals surface area contributed by atoms with Crippen LogP contribution in [0.3, 0.4) is 0 Å². The van der Waals surface area contributed by atoms with Crippen molar-refractivity contribution in [2.24, 2.45) is 11.6 Å². The standard InChI is InChI=1S/C16H21BN4O6/c18-5-6-21(19)9-13(22)20-7-11(8-20)26-12-2-1-10-3-4-17(25)27-15(10)14(12)16(23)24/h1-2,5-6,11,25H,3-4,7-9,18-19H2,(H,23,24)/b6-5-. The normalized spacial score (nSPS) is 16.5. The lowest BCUT2D eigenvalue weighted by Crippen LogP contribution is -2.58. The number of rotatable bonds is 6. The first-order valence-corrected chi connectivity index (χ1v) is 8.47. The van der Waals surface area contributed by atoms with E-state index in [-0.39, 0.29) is 35.6 Å². The number of aryl methyl sites for hydroxylation is 1. The van der Waals surface area contributed by atoms with E-state index in [2.05, 4.69) is 0 Å². The Morgan fingerprint density at radius 1 is 1.44 bits per heavy atom. The Hall–Kier alpha value is -2.92. The third-order valence-corrected chi connectivity index (χ3v) is 4.42. The molecule has 0 bridgehead atoms. The SMILES string of the molecule is N/C=C\N(N)CC(=O)N1CC(Oc2ccc3c(c2C(=O)O)OB(O)CC3)C1. The van der Waals surface area contributed by atoms with Crippen LogP contribution in [-0.4, -0.2) is 64.8 Å². The van der Waals surface area contributed by atoms with Gasteiger partial charge in [0.1, 0.15) is 29.7 Å². The van der Waals surface area contributed by atoms with E-state index in [1.54, 1.807) is 17.0 Å². The van der Waals surface area contributed by atoms with Crippen LogP contribution in [0.2, 0.25) is 6.32 Å². The number of hydrogen-bond donors (Lipinski definition) is 4. The first kappa shape index (κ1) is 18.9. The maximum absolute atomic E-state index is 12.0. The number of hydrogen-bond acceptors (Lipinski definition) is 8. The molecule has 1 saturated heterocycles. The fourth-order valence-corrected chi connectivity index (χ4v) is 3.03. The molecular weight excluding hydrogens is 355 g/mol. The first-order chi connectivity index (χ1) is 12.9. The van der Waals surface area contributed by atoms with Gasteiger partial charge in [-0.2, -0.15) is 0 Å². The number of likely N-dealkylation sites (tertiary alicyclic amines) is 1. The van der Waals surface area contributed by atoms with E-state index in [1.807, 2.05) is 0 Å². The second-order valence-corrected chi connectivity index (χ2v) is 6.40. The average molecular weight is 376 g/mol. The van der Waals surface area contributed by atoms with Crippen molar-refractivity contribution in [2.45, 2.75) is 18.8 Å². The number of ether oxygens (including phenoxy) is 1. The summed E-state index contributed by atoms with van der Waals surface area (Å²) in [5, 5.41) is 20.4. The molecule has 2 heterocycles. The number of benzene rings is 1. The van der Waals surface area contributed by atoms with Gasteiger partial charge in [-0.3, -0.25) is 4.79 Å². The number of carbonyl (C=O) groups excluding carboxylic acids is 1. The average Bonchev–Trinajstić information content (AvgIpc) is 2.56. The van der Waals surface area contributed by atoms with Gasteiger partial charge in [0.25, 0.3) is 0 Å². The molecule has 144 valence electrons. The summed E-state index contributed by atoms with van der Waals surface area (Å²) in [6.07, 6.45) is 3.21. The first-order valence-electron chi connectivity index (χ1n) is 8.47. The molecule has 0 unspecified atom stereocenters. The van der Waals surface area contributed by atoms with Gasteiger partial charge in [-0.25, -0.2) is 10.6 Å². The van der Waals surface area contributed by atoms with Crippen LogP contribution in [0.4, 0.5) is 0 Å². The highest BCUT2D eigenvalue weighted by Gasteiger charge is 2.35. The van der Waals surface area contributed by atoms with E-state index < -0.39 is 13.1 Å². The molecule has 2 aliphatic heterocycles. The van der Waals surface area contributed by atoms with Crippen LogP contribution in [0.25, 0.3) is 0 Å². The van der Waals surface area contributed by atoms with Crippen LogP contribution in [0.15, 0.2) is 24.5 Å². The molecule has 0 saturated carbocycles. The van der Waals surface area contributed by atoms with Gasteiger partial charge in [0, 0.05) is 12.4 Å². The number of aromatic carboxylic acids is 1. The molecular formula is C16H21BN4O6. The number of amides is 1. The molecule has 1 fully saturated rings. The molecule has 1 aromatic rings. The molecule has 1 aromatic carbocycles. The van der Waals surface area contributed by atoms with E-state index in [0.29, 0.717) is 31.4 Å². The number of carbonyl (C=O) groups is 2.